The molecule has 0 aliphatic heterocycles. The Morgan fingerprint density at radius 1 is 1.13 bits per heavy atom. The zero-order valence-electron chi connectivity index (χ0n) is 12.3. The molecule has 0 spiro atoms. The van der Waals surface area contributed by atoms with E-state index in [4.69, 9.17) is 0 Å². The Hall–Kier alpha value is -3.08. The van der Waals surface area contributed by atoms with E-state index in [1.807, 2.05) is 30.3 Å². The van der Waals surface area contributed by atoms with Gasteiger partial charge in [-0.1, -0.05) is 30.3 Å². The van der Waals surface area contributed by atoms with Gasteiger partial charge >= 0.3 is 0 Å². The Labute approximate surface area is 133 Å². The molecule has 3 rings (SSSR count). The van der Waals surface area contributed by atoms with Crippen molar-refractivity contribution in [3.8, 4) is 0 Å². The molecule has 0 amide bonds. The molecule has 5 heteroatoms. The highest BCUT2D eigenvalue weighted by Crippen LogP contribution is 2.19. The number of hydrogen-bond acceptors (Lipinski definition) is 2. The van der Waals surface area contributed by atoms with E-state index in [-0.39, 0.29) is 12.4 Å². The molecule has 0 saturated carbocycles. The van der Waals surface area contributed by atoms with Gasteiger partial charge in [-0.2, -0.15) is 0 Å². The Kier molecular flexibility index (Phi) is 4.38. The van der Waals surface area contributed by atoms with Crippen molar-refractivity contribution in [3.63, 3.8) is 0 Å². The molecule has 0 saturated heterocycles. The van der Waals surface area contributed by atoms with Gasteiger partial charge in [0.15, 0.2) is 0 Å². The molecule has 0 fully saturated rings. The minimum absolute atomic E-state index is 0.207. The van der Waals surface area contributed by atoms with Gasteiger partial charge in [-0.05, 0) is 24.3 Å². The summed E-state index contributed by atoms with van der Waals surface area (Å²) in [4.78, 5) is 16.6. The van der Waals surface area contributed by atoms with Gasteiger partial charge in [-0.15, -0.1) is 0 Å². The second-order valence-electron chi connectivity index (χ2n) is 5.05. The number of nitroso groups, excluding NO2 is 1. The van der Waals surface area contributed by atoms with Crippen LogP contribution < -0.4 is 0 Å². The fraction of sp³-hybridized carbons (Fsp3) is 0.0556. The van der Waals surface area contributed by atoms with Gasteiger partial charge in [0.05, 0.1) is 18.1 Å². The first-order chi connectivity index (χ1) is 11.2. The third-order valence-electron chi connectivity index (χ3n) is 3.37. The maximum absolute atomic E-state index is 13.1. The number of aromatic nitrogens is 2. The van der Waals surface area contributed by atoms with Crippen LogP contribution in [0.1, 0.15) is 11.1 Å². The highest BCUT2D eigenvalue weighted by atomic mass is 19.1. The summed E-state index contributed by atoms with van der Waals surface area (Å²) in [6.07, 6.45) is 6.64. The predicted octanol–water partition coefficient (Wildman–Crippen LogP) is 3.96. The van der Waals surface area contributed by atoms with Crippen LogP contribution in [0.15, 0.2) is 73.3 Å². The highest BCUT2D eigenvalue weighted by molar-refractivity contribution is 5.68. The van der Waals surface area contributed by atoms with Crippen molar-refractivity contribution in [2.75, 3.05) is 0 Å². The van der Waals surface area contributed by atoms with E-state index in [0.29, 0.717) is 11.3 Å². The van der Waals surface area contributed by atoms with Crippen LogP contribution in [0.5, 0.6) is 0 Å². The molecule has 0 bridgehead atoms. The van der Waals surface area contributed by atoms with Crippen LogP contribution in [0.3, 0.4) is 0 Å². The molecule has 114 valence electrons. The summed E-state index contributed by atoms with van der Waals surface area (Å²) in [6.45, 7) is 0.207. The van der Waals surface area contributed by atoms with Crippen LogP contribution >= 0.6 is 0 Å². The first kappa shape index (κ1) is 14.8. The van der Waals surface area contributed by atoms with Crippen molar-refractivity contribution in [1.82, 2.24) is 9.55 Å². The van der Waals surface area contributed by atoms with Crippen molar-refractivity contribution in [3.05, 3.63) is 95.2 Å². The molecule has 2 aromatic carbocycles. The minimum atomic E-state index is -0.337. The van der Waals surface area contributed by atoms with Crippen LogP contribution in [-0.4, -0.2) is 14.3 Å². The molecule has 0 aliphatic carbocycles. The third kappa shape index (κ3) is 3.77. The maximum Gasteiger partial charge on any atom is 0.280 e. The van der Waals surface area contributed by atoms with E-state index < -0.39 is 0 Å². The summed E-state index contributed by atoms with van der Waals surface area (Å²) < 4.78 is 15.7. The van der Waals surface area contributed by atoms with Crippen molar-refractivity contribution in [2.45, 2.75) is 6.54 Å². The monoisotopic (exact) mass is 308 g/mol. The fourth-order valence-electron chi connectivity index (χ4n) is 2.22. The lowest BCUT2D eigenvalue weighted by Crippen LogP contribution is -2.08. The van der Waals surface area contributed by atoms with E-state index in [1.54, 1.807) is 41.6 Å². The second kappa shape index (κ2) is 6.79. The van der Waals surface area contributed by atoms with Crippen LogP contribution in [0.4, 0.5) is 4.39 Å². The van der Waals surface area contributed by atoms with E-state index >= 15 is 0 Å². The first-order valence-corrected chi connectivity index (χ1v) is 7.16. The molecular formula is C18H15FN3O+. The smallest absolute Gasteiger partial charge is 0.280 e. The summed E-state index contributed by atoms with van der Waals surface area (Å²) in [5.74, 6) is -0.337. The summed E-state index contributed by atoms with van der Waals surface area (Å²) in [7, 11) is 0. The van der Waals surface area contributed by atoms with Gasteiger partial charge in [-0.3, -0.25) is 0 Å². The van der Waals surface area contributed by atoms with Gasteiger partial charge in [0.2, 0.25) is 6.54 Å². The van der Waals surface area contributed by atoms with Crippen molar-refractivity contribution < 1.29 is 9.15 Å². The summed E-state index contributed by atoms with van der Waals surface area (Å²) in [5.41, 5.74) is 1.99. The highest BCUT2D eigenvalue weighted by Gasteiger charge is 2.21. The standard InChI is InChI=1S/C18H15FN3O/c19-17-8-6-16(7-9-17)18(13-21-11-10-20-14-21)22(23)12-15-4-2-1-3-5-15/h1-11,13-14H,12H2/q+1. The largest absolute Gasteiger partial charge is 0.306 e. The number of imidazole rings is 1. The molecule has 0 aliphatic rings. The third-order valence-corrected chi connectivity index (χ3v) is 3.37. The van der Waals surface area contributed by atoms with Gasteiger partial charge in [0, 0.05) is 27.6 Å². The quantitative estimate of drug-likeness (QED) is 0.669. The van der Waals surface area contributed by atoms with Gasteiger partial charge in [-0.25, -0.2) is 9.37 Å². The summed E-state index contributed by atoms with van der Waals surface area (Å²) >= 11 is 0. The van der Waals surface area contributed by atoms with Crippen LogP contribution in [0, 0.1) is 10.7 Å². The summed E-state index contributed by atoms with van der Waals surface area (Å²) in [5, 5.41) is 0. The van der Waals surface area contributed by atoms with Crippen LogP contribution in [-0.2, 0) is 6.54 Å². The summed E-state index contributed by atoms with van der Waals surface area (Å²) in [6, 6.07) is 15.3. The normalized spacial score (nSPS) is 11.4. The number of benzene rings is 2. The topological polar surface area (TPSA) is 37.9 Å². The van der Waals surface area contributed by atoms with Crippen LogP contribution in [0.25, 0.3) is 11.9 Å². The SMILES string of the molecule is O=[N+](Cc1ccccc1)C(=Cn1ccnc1)c1ccc(F)cc1. The number of nitrogens with zero attached hydrogens (tertiary/aromatic N) is 3. The molecule has 1 heterocycles. The lowest BCUT2D eigenvalue weighted by molar-refractivity contribution is -0.470. The molecule has 0 unspecified atom stereocenters. The number of halogens is 1. The second-order valence-corrected chi connectivity index (χ2v) is 5.05. The van der Waals surface area contributed by atoms with Gasteiger partial charge in [0.1, 0.15) is 5.82 Å². The lowest BCUT2D eigenvalue weighted by atomic mass is 10.1. The van der Waals surface area contributed by atoms with Crippen molar-refractivity contribution in [2.24, 2.45) is 0 Å². The predicted molar refractivity (Wildman–Crippen MR) is 86.6 cm³/mol. The average molecular weight is 308 g/mol. The maximum atomic E-state index is 13.1. The first-order valence-electron chi connectivity index (χ1n) is 7.16. The molecular weight excluding hydrogens is 293 g/mol. The molecule has 0 atom stereocenters. The Bertz CT molecular complexity index is 809. The molecule has 3 aromatic rings. The molecule has 1 aromatic heterocycles. The van der Waals surface area contributed by atoms with E-state index in [0.717, 1.165) is 10.3 Å². The number of rotatable bonds is 5. The van der Waals surface area contributed by atoms with E-state index in [9.17, 15) is 9.30 Å². The van der Waals surface area contributed by atoms with E-state index in [1.165, 1.54) is 12.1 Å². The molecule has 0 N–H and O–H groups in total. The Balaban J connectivity index is 1.95. The van der Waals surface area contributed by atoms with Gasteiger partial charge in [0.25, 0.3) is 5.70 Å². The Morgan fingerprint density at radius 2 is 1.87 bits per heavy atom. The van der Waals surface area contributed by atoms with E-state index in [2.05, 4.69) is 4.98 Å². The number of hydrogen-bond donors (Lipinski definition) is 0. The van der Waals surface area contributed by atoms with Crippen molar-refractivity contribution in [1.29, 1.82) is 0 Å². The molecule has 0 radical (unpaired) electrons. The molecule has 23 heavy (non-hydrogen) atoms. The van der Waals surface area contributed by atoms with Crippen molar-refractivity contribution >= 4 is 11.9 Å². The van der Waals surface area contributed by atoms with Gasteiger partial charge < -0.3 is 4.57 Å². The minimum Gasteiger partial charge on any atom is -0.306 e. The fourth-order valence-corrected chi connectivity index (χ4v) is 2.22. The lowest BCUT2D eigenvalue weighted by Gasteiger charge is -2.02. The Morgan fingerprint density at radius 3 is 2.52 bits per heavy atom. The average Bonchev–Trinajstić information content (AvgIpc) is 3.08. The zero-order chi connectivity index (χ0) is 16.1. The van der Waals surface area contributed by atoms with Crippen LogP contribution in [0.2, 0.25) is 0 Å². The molecule has 4 nitrogen and oxygen atoms in total. The zero-order valence-corrected chi connectivity index (χ0v) is 12.3.